The number of ether oxygens (including phenoxy) is 1. The molecule has 0 saturated heterocycles. The minimum absolute atomic E-state index is 0.145. The average Bonchev–Trinajstić information content (AvgIpc) is 3.21. The highest BCUT2D eigenvalue weighted by molar-refractivity contribution is 7.21. The third-order valence-electron chi connectivity index (χ3n) is 4.57. The summed E-state index contributed by atoms with van der Waals surface area (Å²) in [4.78, 5) is 27.7. The maximum Gasteiger partial charge on any atom is 0.293 e. The summed E-state index contributed by atoms with van der Waals surface area (Å²) in [5.41, 5.74) is 2.58. The van der Waals surface area contributed by atoms with E-state index in [1.165, 1.54) is 29.4 Å². The fourth-order valence-corrected chi connectivity index (χ4v) is 4.01. The van der Waals surface area contributed by atoms with Crippen molar-refractivity contribution in [1.82, 2.24) is 4.98 Å². The molecule has 0 aliphatic heterocycles. The third-order valence-corrected chi connectivity index (χ3v) is 5.63. The monoisotopic (exact) mass is 419 g/mol. The van der Waals surface area contributed by atoms with Gasteiger partial charge >= 0.3 is 0 Å². The molecule has 1 amide bonds. The SMILES string of the molecule is CN(C=O)c1ccc(-c2nc3ccc(OCc4ccccc4)cc3s2)cc1[N+](=O)[O-]. The molecule has 0 spiro atoms. The predicted octanol–water partition coefficient (Wildman–Crippen LogP) is 5.04. The van der Waals surface area contributed by atoms with Crippen LogP contribution in [0.2, 0.25) is 0 Å². The fourth-order valence-electron chi connectivity index (χ4n) is 3.02. The number of nitrogens with zero attached hydrogens (tertiary/aromatic N) is 3. The summed E-state index contributed by atoms with van der Waals surface area (Å²) in [5.74, 6) is 0.732. The molecule has 0 bridgehead atoms. The predicted molar refractivity (Wildman–Crippen MR) is 117 cm³/mol. The van der Waals surface area contributed by atoms with Gasteiger partial charge in [-0.15, -0.1) is 11.3 Å². The molecule has 0 aliphatic rings. The Morgan fingerprint density at radius 1 is 1.13 bits per heavy atom. The summed E-state index contributed by atoms with van der Waals surface area (Å²) in [6, 6.07) is 20.3. The van der Waals surface area contributed by atoms with Crippen LogP contribution in [0.3, 0.4) is 0 Å². The molecule has 30 heavy (non-hydrogen) atoms. The lowest BCUT2D eigenvalue weighted by molar-refractivity contribution is -0.384. The Bertz CT molecular complexity index is 1220. The van der Waals surface area contributed by atoms with Crippen molar-refractivity contribution in [2.75, 3.05) is 11.9 Å². The molecule has 0 unspecified atom stereocenters. The number of rotatable bonds is 7. The van der Waals surface area contributed by atoms with Gasteiger partial charge in [0.15, 0.2) is 0 Å². The quantitative estimate of drug-likeness (QED) is 0.238. The molecule has 3 aromatic carbocycles. The number of nitro groups is 1. The van der Waals surface area contributed by atoms with Crippen LogP contribution in [0.5, 0.6) is 5.75 Å². The van der Waals surface area contributed by atoms with Crippen molar-refractivity contribution in [3.63, 3.8) is 0 Å². The zero-order valence-corrected chi connectivity index (χ0v) is 16.8. The number of thiazole rings is 1. The molecule has 1 aromatic heterocycles. The molecule has 1 heterocycles. The zero-order chi connectivity index (χ0) is 21.1. The highest BCUT2D eigenvalue weighted by Crippen LogP contribution is 2.36. The van der Waals surface area contributed by atoms with Gasteiger partial charge in [-0.05, 0) is 35.9 Å². The Morgan fingerprint density at radius 2 is 1.93 bits per heavy atom. The van der Waals surface area contributed by atoms with E-state index in [-0.39, 0.29) is 11.4 Å². The smallest absolute Gasteiger partial charge is 0.293 e. The summed E-state index contributed by atoms with van der Waals surface area (Å²) in [7, 11) is 1.48. The van der Waals surface area contributed by atoms with Crippen LogP contribution in [-0.2, 0) is 11.4 Å². The number of hydrogen-bond acceptors (Lipinski definition) is 6. The summed E-state index contributed by atoms with van der Waals surface area (Å²) in [6.07, 6.45) is 0.538. The molecule has 4 rings (SSSR count). The average molecular weight is 419 g/mol. The first-order valence-corrected chi connectivity index (χ1v) is 9.91. The number of amides is 1. The Morgan fingerprint density at radius 3 is 2.67 bits per heavy atom. The summed E-state index contributed by atoms with van der Waals surface area (Å²) >= 11 is 1.43. The topological polar surface area (TPSA) is 85.6 Å². The number of carbonyl (C=O) groups excluding carboxylic acids is 1. The molecule has 0 N–H and O–H groups in total. The van der Waals surface area contributed by atoms with Crippen molar-refractivity contribution in [1.29, 1.82) is 0 Å². The molecular weight excluding hydrogens is 402 g/mol. The minimum Gasteiger partial charge on any atom is -0.489 e. The van der Waals surface area contributed by atoms with E-state index in [0.717, 1.165) is 21.5 Å². The minimum atomic E-state index is -0.498. The van der Waals surface area contributed by atoms with Crippen LogP contribution in [0.15, 0.2) is 66.7 Å². The second-order valence-corrected chi connectivity index (χ2v) is 7.63. The van der Waals surface area contributed by atoms with Crippen molar-refractivity contribution in [2.24, 2.45) is 0 Å². The van der Waals surface area contributed by atoms with Crippen molar-refractivity contribution >= 4 is 39.3 Å². The van der Waals surface area contributed by atoms with Gasteiger partial charge in [-0.2, -0.15) is 0 Å². The van der Waals surface area contributed by atoms with Crippen molar-refractivity contribution < 1.29 is 14.5 Å². The fraction of sp³-hybridized carbons (Fsp3) is 0.0909. The first-order valence-electron chi connectivity index (χ1n) is 9.09. The van der Waals surface area contributed by atoms with Crippen molar-refractivity contribution in [2.45, 2.75) is 6.61 Å². The number of nitro benzene ring substituents is 1. The van der Waals surface area contributed by atoms with Crippen molar-refractivity contribution in [3.05, 3.63) is 82.4 Å². The summed E-state index contributed by atoms with van der Waals surface area (Å²) in [5, 5.41) is 12.1. The van der Waals surface area contributed by atoms with Crippen LogP contribution in [-0.4, -0.2) is 23.4 Å². The van der Waals surface area contributed by atoms with Gasteiger partial charge in [0.25, 0.3) is 5.69 Å². The zero-order valence-electron chi connectivity index (χ0n) is 16.0. The van der Waals surface area contributed by atoms with Gasteiger partial charge in [0.05, 0.1) is 15.1 Å². The molecule has 7 nitrogen and oxygen atoms in total. The van der Waals surface area contributed by atoms with Gasteiger partial charge in [0.1, 0.15) is 23.1 Å². The standard InChI is InChI=1S/C22H17N3O4S/c1-24(14-26)19-10-7-16(11-20(19)25(27)28)22-23-18-9-8-17(12-21(18)30-22)29-13-15-5-3-2-4-6-15/h2-12,14H,13H2,1H3. The van der Waals surface area contributed by atoms with E-state index in [2.05, 4.69) is 4.98 Å². The molecule has 8 heteroatoms. The molecule has 0 fully saturated rings. The van der Waals surface area contributed by atoms with E-state index in [4.69, 9.17) is 4.74 Å². The number of anilines is 1. The molecular formula is C22H17N3O4S. The number of aromatic nitrogens is 1. The second kappa shape index (κ2) is 8.30. The Kier molecular flexibility index (Phi) is 5.40. The van der Waals surface area contributed by atoms with E-state index >= 15 is 0 Å². The van der Waals surface area contributed by atoms with Gasteiger partial charge in [0, 0.05) is 18.7 Å². The highest BCUT2D eigenvalue weighted by atomic mass is 32.1. The largest absolute Gasteiger partial charge is 0.489 e. The number of benzene rings is 3. The number of carbonyl (C=O) groups is 1. The Hall–Kier alpha value is -3.78. The summed E-state index contributed by atoms with van der Waals surface area (Å²) in [6.45, 7) is 0.468. The first-order chi connectivity index (χ1) is 14.5. The van der Waals surface area contributed by atoms with Crippen molar-refractivity contribution in [3.8, 4) is 16.3 Å². The second-order valence-electron chi connectivity index (χ2n) is 6.60. The summed E-state index contributed by atoms with van der Waals surface area (Å²) < 4.78 is 6.79. The van der Waals surface area contributed by atoms with E-state index in [9.17, 15) is 14.9 Å². The van der Waals surface area contributed by atoms with Gasteiger partial charge in [-0.1, -0.05) is 30.3 Å². The Labute approximate surface area is 176 Å². The van der Waals surface area contributed by atoms with Crippen LogP contribution in [0.4, 0.5) is 11.4 Å². The maximum absolute atomic E-state index is 11.5. The van der Waals surface area contributed by atoms with Gasteiger partial charge in [-0.3, -0.25) is 14.9 Å². The molecule has 150 valence electrons. The molecule has 0 aliphatic carbocycles. The van der Waals surface area contributed by atoms with E-state index in [1.807, 2.05) is 48.5 Å². The molecule has 4 aromatic rings. The van der Waals surface area contributed by atoms with Crippen LogP contribution in [0, 0.1) is 10.1 Å². The van der Waals surface area contributed by atoms with Gasteiger partial charge in [-0.25, -0.2) is 4.98 Å². The van der Waals surface area contributed by atoms with E-state index in [0.29, 0.717) is 23.6 Å². The molecule has 0 radical (unpaired) electrons. The third kappa shape index (κ3) is 3.99. The first kappa shape index (κ1) is 19.5. The lowest BCUT2D eigenvalue weighted by atomic mass is 10.1. The van der Waals surface area contributed by atoms with Crippen LogP contribution < -0.4 is 9.64 Å². The Balaban J connectivity index is 1.62. The lowest BCUT2D eigenvalue weighted by Crippen LogP contribution is -2.15. The lowest BCUT2D eigenvalue weighted by Gasteiger charge is -2.11. The van der Waals surface area contributed by atoms with Gasteiger partial charge < -0.3 is 9.64 Å². The number of hydrogen-bond donors (Lipinski definition) is 0. The highest BCUT2D eigenvalue weighted by Gasteiger charge is 2.19. The normalized spacial score (nSPS) is 10.7. The van der Waals surface area contributed by atoms with Crippen LogP contribution in [0.25, 0.3) is 20.8 Å². The van der Waals surface area contributed by atoms with Crippen LogP contribution in [0.1, 0.15) is 5.56 Å². The molecule has 0 atom stereocenters. The van der Waals surface area contributed by atoms with Gasteiger partial charge in [0.2, 0.25) is 6.41 Å². The van der Waals surface area contributed by atoms with Crippen LogP contribution >= 0.6 is 11.3 Å². The molecule has 0 saturated carbocycles. The van der Waals surface area contributed by atoms with E-state index in [1.54, 1.807) is 12.1 Å². The number of fused-ring (bicyclic) bond motifs is 1. The van der Waals surface area contributed by atoms with E-state index < -0.39 is 4.92 Å². The maximum atomic E-state index is 11.5.